The zero-order chi connectivity index (χ0) is 15.4. The summed E-state index contributed by atoms with van der Waals surface area (Å²) in [5, 5.41) is 23.4. The molecule has 0 saturated heterocycles. The van der Waals surface area contributed by atoms with Gasteiger partial charge in [0.05, 0.1) is 11.8 Å². The van der Waals surface area contributed by atoms with E-state index in [9.17, 15) is 0 Å². The number of aromatic nitrogens is 2. The molecule has 22 heavy (non-hydrogen) atoms. The van der Waals surface area contributed by atoms with Crippen LogP contribution < -0.4 is 5.49 Å². The van der Waals surface area contributed by atoms with E-state index in [1.54, 1.807) is 10.7 Å². The Morgan fingerprint density at radius 2 is 1.86 bits per heavy atom. The average molecular weight is 288 g/mol. The zero-order valence-electron chi connectivity index (χ0n) is 12.2. The molecule has 4 nitrogen and oxygen atoms in total. The van der Waals surface area contributed by atoms with Gasteiger partial charge in [-0.1, -0.05) is 36.4 Å². The molecule has 0 amide bonds. The van der Waals surface area contributed by atoms with E-state index in [0.29, 0.717) is 24.9 Å². The largest absolute Gasteiger partial charge is 0.283 e. The van der Waals surface area contributed by atoms with Gasteiger partial charge in [-0.15, -0.1) is 0 Å². The third-order valence-corrected chi connectivity index (χ3v) is 3.61. The molecule has 0 fully saturated rings. The number of unbranched alkanes of at least 4 members (excludes halogenated alkanes) is 1. The second-order valence-electron chi connectivity index (χ2n) is 5.15. The van der Waals surface area contributed by atoms with Crippen LogP contribution in [0.25, 0.3) is 22.0 Å². The molecule has 0 aliphatic carbocycles. The van der Waals surface area contributed by atoms with Crippen molar-refractivity contribution in [1.82, 2.24) is 9.78 Å². The van der Waals surface area contributed by atoms with Gasteiger partial charge < -0.3 is 0 Å². The summed E-state index contributed by atoms with van der Waals surface area (Å²) in [6.45, 7) is 0.591. The molecule has 108 valence electrons. The van der Waals surface area contributed by atoms with Gasteiger partial charge in [0.1, 0.15) is 5.49 Å². The van der Waals surface area contributed by atoms with Crippen LogP contribution in [0.15, 0.2) is 54.6 Å². The lowest BCUT2D eigenvalue weighted by molar-refractivity contribution is 0.544. The number of nitriles is 1. The highest BCUT2D eigenvalue weighted by atomic mass is 15.3. The van der Waals surface area contributed by atoms with Crippen LogP contribution in [0.2, 0.25) is 0 Å². The number of nitrogens with one attached hydrogen (secondary N) is 1. The van der Waals surface area contributed by atoms with E-state index in [1.807, 2.05) is 24.3 Å². The van der Waals surface area contributed by atoms with Gasteiger partial charge in [-0.05, 0) is 35.4 Å². The summed E-state index contributed by atoms with van der Waals surface area (Å²) < 4.78 is 1.65. The van der Waals surface area contributed by atoms with E-state index in [2.05, 4.69) is 35.4 Å². The van der Waals surface area contributed by atoms with Crippen LogP contribution in [0.5, 0.6) is 0 Å². The summed E-state index contributed by atoms with van der Waals surface area (Å²) in [7, 11) is 0. The first-order chi connectivity index (χ1) is 10.8. The lowest BCUT2D eigenvalue weighted by atomic mass is 10.1. The van der Waals surface area contributed by atoms with Crippen molar-refractivity contribution < 1.29 is 0 Å². The van der Waals surface area contributed by atoms with Crippen molar-refractivity contribution >= 4 is 10.8 Å². The number of benzene rings is 2. The van der Waals surface area contributed by atoms with Gasteiger partial charge in [-0.2, -0.15) is 10.4 Å². The summed E-state index contributed by atoms with van der Waals surface area (Å²) >= 11 is 0. The Labute approximate surface area is 128 Å². The lowest BCUT2D eigenvalue weighted by Crippen LogP contribution is -2.22. The minimum absolute atomic E-state index is 0.363. The molecule has 0 radical (unpaired) electrons. The molecule has 0 bridgehead atoms. The fourth-order valence-corrected chi connectivity index (χ4v) is 2.44. The van der Waals surface area contributed by atoms with Gasteiger partial charge in [0.15, 0.2) is 0 Å². The second-order valence-corrected chi connectivity index (χ2v) is 5.15. The number of nitrogens with zero attached hydrogens (tertiary/aromatic N) is 3. The van der Waals surface area contributed by atoms with E-state index in [0.717, 1.165) is 11.3 Å². The molecule has 0 aliphatic rings. The molecule has 0 aliphatic heterocycles. The zero-order valence-corrected chi connectivity index (χ0v) is 12.2. The minimum Gasteiger partial charge on any atom is -0.283 e. The van der Waals surface area contributed by atoms with Gasteiger partial charge in [0.25, 0.3) is 0 Å². The molecule has 3 rings (SSSR count). The molecule has 1 heterocycles. The summed E-state index contributed by atoms with van der Waals surface area (Å²) in [5.41, 5.74) is 2.24. The third-order valence-electron chi connectivity index (χ3n) is 3.61. The van der Waals surface area contributed by atoms with Crippen molar-refractivity contribution in [2.24, 2.45) is 0 Å². The molecular weight excluding hydrogens is 272 g/mol. The molecule has 0 unspecified atom stereocenters. The molecule has 0 saturated carbocycles. The molecule has 3 aromatic rings. The van der Waals surface area contributed by atoms with Gasteiger partial charge >= 0.3 is 0 Å². The van der Waals surface area contributed by atoms with Crippen LogP contribution in [0.4, 0.5) is 0 Å². The average Bonchev–Trinajstić information content (AvgIpc) is 2.56. The Balaban J connectivity index is 1.97. The normalized spacial score (nSPS) is 10.5. The number of hydrogen-bond donors (Lipinski definition) is 1. The van der Waals surface area contributed by atoms with Crippen LogP contribution in [-0.2, 0) is 6.54 Å². The number of aryl methyl sites for hydroxylation is 1. The standard InChI is InChI=1S/C18H16N4/c19-11-3-4-12-22-18(20)10-9-17(21-22)16-8-7-14-5-1-2-6-15(14)13-16/h1-2,5-10,13,20H,3-4,12H2. The first-order valence-electron chi connectivity index (χ1n) is 7.27. The van der Waals surface area contributed by atoms with Crippen molar-refractivity contribution in [3.8, 4) is 17.3 Å². The summed E-state index contributed by atoms with van der Waals surface area (Å²) in [6, 6.07) is 20.2. The summed E-state index contributed by atoms with van der Waals surface area (Å²) in [6.07, 6.45) is 1.19. The molecule has 2 aromatic carbocycles. The number of rotatable bonds is 4. The summed E-state index contributed by atoms with van der Waals surface area (Å²) in [5.74, 6) is 0. The van der Waals surface area contributed by atoms with Crippen molar-refractivity contribution in [3.05, 3.63) is 60.1 Å². The fourth-order valence-electron chi connectivity index (χ4n) is 2.44. The molecule has 4 heteroatoms. The van der Waals surface area contributed by atoms with Crippen molar-refractivity contribution in [1.29, 1.82) is 10.7 Å². The maximum Gasteiger partial charge on any atom is 0.141 e. The molecule has 0 spiro atoms. The topological polar surface area (TPSA) is 65.5 Å². The second kappa shape index (κ2) is 6.23. The predicted octanol–water partition coefficient (Wildman–Crippen LogP) is 3.49. The van der Waals surface area contributed by atoms with Crippen molar-refractivity contribution in [2.45, 2.75) is 19.4 Å². The smallest absolute Gasteiger partial charge is 0.141 e. The number of hydrogen-bond acceptors (Lipinski definition) is 3. The Bertz CT molecular complexity index is 903. The quantitative estimate of drug-likeness (QED) is 0.747. The highest BCUT2D eigenvalue weighted by Gasteiger charge is 2.03. The maximum atomic E-state index is 8.62. The van der Waals surface area contributed by atoms with Crippen LogP contribution in [-0.4, -0.2) is 9.78 Å². The first kappa shape index (κ1) is 14.0. The Morgan fingerprint density at radius 1 is 1.05 bits per heavy atom. The number of fused-ring (bicyclic) bond motifs is 1. The predicted molar refractivity (Wildman–Crippen MR) is 85.9 cm³/mol. The van der Waals surface area contributed by atoms with Gasteiger partial charge in [-0.25, -0.2) is 4.68 Å². The van der Waals surface area contributed by atoms with E-state index >= 15 is 0 Å². The molecule has 1 aromatic heterocycles. The minimum atomic E-state index is 0.363. The van der Waals surface area contributed by atoms with Gasteiger partial charge in [-0.3, -0.25) is 5.41 Å². The highest BCUT2D eigenvalue weighted by molar-refractivity contribution is 5.86. The van der Waals surface area contributed by atoms with Crippen LogP contribution >= 0.6 is 0 Å². The van der Waals surface area contributed by atoms with Crippen molar-refractivity contribution in [3.63, 3.8) is 0 Å². The Hall–Kier alpha value is -2.93. The highest BCUT2D eigenvalue weighted by Crippen LogP contribution is 2.22. The summed E-state index contributed by atoms with van der Waals surface area (Å²) in [4.78, 5) is 0. The Morgan fingerprint density at radius 3 is 2.68 bits per heavy atom. The Kier molecular flexibility index (Phi) is 3.97. The van der Waals surface area contributed by atoms with Gasteiger partial charge in [0.2, 0.25) is 0 Å². The van der Waals surface area contributed by atoms with Crippen LogP contribution in [0, 0.1) is 16.7 Å². The first-order valence-corrected chi connectivity index (χ1v) is 7.27. The van der Waals surface area contributed by atoms with E-state index in [1.165, 1.54) is 10.8 Å². The van der Waals surface area contributed by atoms with E-state index in [4.69, 9.17) is 10.7 Å². The van der Waals surface area contributed by atoms with E-state index < -0.39 is 0 Å². The third kappa shape index (κ3) is 2.89. The van der Waals surface area contributed by atoms with E-state index in [-0.39, 0.29) is 0 Å². The van der Waals surface area contributed by atoms with Crippen molar-refractivity contribution in [2.75, 3.05) is 0 Å². The molecular formula is C18H16N4. The monoisotopic (exact) mass is 288 g/mol. The molecule has 0 atom stereocenters. The van der Waals surface area contributed by atoms with Gasteiger partial charge in [0, 0.05) is 18.5 Å². The maximum absolute atomic E-state index is 8.62. The van der Waals surface area contributed by atoms with Crippen LogP contribution in [0.1, 0.15) is 12.8 Å². The van der Waals surface area contributed by atoms with Crippen LogP contribution in [0.3, 0.4) is 0 Å². The SMILES string of the molecule is N#CCCCn1nc(-c2ccc3ccccc3c2)ccc1=N. The lowest BCUT2D eigenvalue weighted by Gasteiger charge is -2.08. The molecule has 1 N–H and O–H groups in total. The fraction of sp³-hybridized carbons (Fsp3) is 0.167.